The summed E-state index contributed by atoms with van der Waals surface area (Å²) in [5, 5.41) is 2.95. The molecule has 1 atom stereocenters. The molecule has 1 aromatic rings. The maximum atomic E-state index is 14.0. The molecule has 1 aromatic carbocycles. The normalized spacial score (nSPS) is 19.7. The van der Waals surface area contributed by atoms with E-state index in [-0.39, 0.29) is 29.5 Å². The SMILES string of the molecule is CC1(C)CCCC1NC(=O)c1ccc(C#CCN)cc1F. The standard InChI is InChI=1S/C17H21FN2O/c1-17(2)9-3-6-15(17)20-16(21)13-8-7-12(5-4-10-19)11-14(13)18/h7-8,11,15H,3,6,9-10,19H2,1-2H3,(H,20,21). The van der Waals surface area contributed by atoms with E-state index in [0.29, 0.717) is 5.56 Å². The van der Waals surface area contributed by atoms with Gasteiger partial charge in [-0.15, -0.1) is 0 Å². The number of amides is 1. The third kappa shape index (κ3) is 3.62. The lowest BCUT2D eigenvalue weighted by Crippen LogP contribution is -2.41. The number of nitrogens with two attached hydrogens (primary N) is 1. The third-order valence-electron chi connectivity index (χ3n) is 4.11. The van der Waals surface area contributed by atoms with E-state index in [2.05, 4.69) is 31.0 Å². The van der Waals surface area contributed by atoms with Crippen LogP contribution in [0, 0.1) is 23.1 Å². The Kier molecular flexibility index (Phi) is 4.64. The van der Waals surface area contributed by atoms with Gasteiger partial charge in [-0.2, -0.15) is 0 Å². The summed E-state index contributed by atoms with van der Waals surface area (Å²) in [6.07, 6.45) is 3.11. The molecule has 1 aliphatic carbocycles. The molecule has 1 aliphatic rings. The van der Waals surface area contributed by atoms with Gasteiger partial charge in [-0.05, 0) is 36.5 Å². The second-order valence-electron chi connectivity index (χ2n) is 6.11. The molecule has 4 heteroatoms. The molecule has 21 heavy (non-hydrogen) atoms. The Morgan fingerprint density at radius 3 is 2.86 bits per heavy atom. The lowest BCUT2D eigenvalue weighted by Gasteiger charge is -2.27. The lowest BCUT2D eigenvalue weighted by atomic mass is 9.87. The van der Waals surface area contributed by atoms with Gasteiger partial charge in [0.05, 0.1) is 12.1 Å². The first-order valence-electron chi connectivity index (χ1n) is 7.23. The van der Waals surface area contributed by atoms with Gasteiger partial charge in [-0.1, -0.05) is 32.1 Å². The van der Waals surface area contributed by atoms with Crippen molar-refractivity contribution >= 4 is 5.91 Å². The van der Waals surface area contributed by atoms with Crippen LogP contribution in [-0.4, -0.2) is 18.5 Å². The largest absolute Gasteiger partial charge is 0.349 e. The van der Waals surface area contributed by atoms with Crippen LogP contribution in [0.15, 0.2) is 18.2 Å². The van der Waals surface area contributed by atoms with Crippen LogP contribution in [0.5, 0.6) is 0 Å². The summed E-state index contributed by atoms with van der Waals surface area (Å²) in [6.45, 7) is 4.49. The number of nitrogens with one attached hydrogen (secondary N) is 1. The van der Waals surface area contributed by atoms with Crippen molar-refractivity contribution in [3.8, 4) is 11.8 Å². The van der Waals surface area contributed by atoms with Crippen molar-refractivity contribution < 1.29 is 9.18 Å². The van der Waals surface area contributed by atoms with E-state index in [0.717, 1.165) is 19.3 Å². The highest BCUT2D eigenvalue weighted by atomic mass is 19.1. The number of carbonyl (C=O) groups excluding carboxylic acids is 1. The second kappa shape index (κ2) is 6.28. The zero-order valence-electron chi connectivity index (χ0n) is 12.5. The van der Waals surface area contributed by atoms with Crippen LogP contribution in [0.2, 0.25) is 0 Å². The van der Waals surface area contributed by atoms with Crippen LogP contribution in [-0.2, 0) is 0 Å². The molecule has 1 saturated carbocycles. The first-order chi connectivity index (χ1) is 9.94. The number of halogens is 1. The molecule has 0 heterocycles. The van der Waals surface area contributed by atoms with Crippen LogP contribution < -0.4 is 11.1 Å². The van der Waals surface area contributed by atoms with Crippen molar-refractivity contribution in [3.63, 3.8) is 0 Å². The minimum Gasteiger partial charge on any atom is -0.349 e. The highest BCUT2D eigenvalue weighted by Gasteiger charge is 2.35. The molecule has 1 amide bonds. The highest BCUT2D eigenvalue weighted by Crippen LogP contribution is 2.37. The van der Waals surface area contributed by atoms with Gasteiger partial charge in [-0.3, -0.25) is 4.79 Å². The molecule has 0 saturated heterocycles. The first-order valence-corrected chi connectivity index (χ1v) is 7.23. The quantitative estimate of drug-likeness (QED) is 0.821. The van der Waals surface area contributed by atoms with Gasteiger partial charge < -0.3 is 11.1 Å². The Morgan fingerprint density at radius 1 is 1.52 bits per heavy atom. The van der Waals surface area contributed by atoms with E-state index in [4.69, 9.17) is 5.73 Å². The predicted molar refractivity (Wildman–Crippen MR) is 81.2 cm³/mol. The van der Waals surface area contributed by atoms with Gasteiger partial charge >= 0.3 is 0 Å². The summed E-state index contributed by atoms with van der Waals surface area (Å²) in [5.41, 5.74) is 5.94. The van der Waals surface area contributed by atoms with Gasteiger partial charge in [-0.25, -0.2) is 4.39 Å². The fourth-order valence-corrected chi connectivity index (χ4v) is 2.76. The minimum atomic E-state index is -0.549. The molecule has 0 radical (unpaired) electrons. The van der Waals surface area contributed by atoms with Crippen LogP contribution >= 0.6 is 0 Å². The zero-order valence-corrected chi connectivity index (χ0v) is 12.5. The third-order valence-corrected chi connectivity index (χ3v) is 4.11. The molecule has 1 fully saturated rings. The van der Waals surface area contributed by atoms with Gasteiger partial charge in [0.15, 0.2) is 0 Å². The Morgan fingerprint density at radius 2 is 2.29 bits per heavy atom. The fourth-order valence-electron chi connectivity index (χ4n) is 2.76. The Balaban J connectivity index is 2.13. The molecule has 0 aromatic heterocycles. The van der Waals surface area contributed by atoms with Crippen LogP contribution in [0.3, 0.4) is 0 Å². The lowest BCUT2D eigenvalue weighted by molar-refractivity contribution is 0.0906. The smallest absolute Gasteiger partial charge is 0.254 e. The summed E-state index contributed by atoms with van der Waals surface area (Å²) >= 11 is 0. The maximum absolute atomic E-state index is 14.0. The second-order valence-corrected chi connectivity index (χ2v) is 6.11. The molecule has 112 valence electrons. The van der Waals surface area contributed by atoms with Crippen molar-refractivity contribution in [1.82, 2.24) is 5.32 Å². The van der Waals surface area contributed by atoms with Crippen molar-refractivity contribution in [2.45, 2.75) is 39.2 Å². The van der Waals surface area contributed by atoms with Gasteiger partial charge in [0.2, 0.25) is 0 Å². The van der Waals surface area contributed by atoms with Gasteiger partial charge in [0.1, 0.15) is 5.82 Å². The zero-order chi connectivity index (χ0) is 15.5. The average Bonchev–Trinajstić information content (AvgIpc) is 2.75. The maximum Gasteiger partial charge on any atom is 0.254 e. The van der Waals surface area contributed by atoms with Crippen LogP contribution in [0.25, 0.3) is 0 Å². The number of benzene rings is 1. The van der Waals surface area contributed by atoms with Crippen molar-refractivity contribution in [2.75, 3.05) is 6.54 Å². The van der Waals surface area contributed by atoms with Crippen LogP contribution in [0.4, 0.5) is 4.39 Å². The Bertz CT molecular complexity index is 599. The van der Waals surface area contributed by atoms with Crippen molar-refractivity contribution in [1.29, 1.82) is 0 Å². The predicted octanol–water partition coefficient (Wildman–Crippen LogP) is 2.44. The van der Waals surface area contributed by atoms with E-state index in [1.165, 1.54) is 12.1 Å². The molecule has 1 unspecified atom stereocenters. The Hall–Kier alpha value is -1.86. The summed E-state index contributed by atoms with van der Waals surface area (Å²) < 4.78 is 14.0. The average molecular weight is 288 g/mol. The minimum absolute atomic E-state index is 0.0657. The highest BCUT2D eigenvalue weighted by molar-refractivity contribution is 5.94. The summed E-state index contributed by atoms with van der Waals surface area (Å²) in [5.74, 6) is 4.51. The monoisotopic (exact) mass is 288 g/mol. The van der Waals surface area contributed by atoms with E-state index >= 15 is 0 Å². The van der Waals surface area contributed by atoms with E-state index < -0.39 is 5.82 Å². The topological polar surface area (TPSA) is 55.1 Å². The molecule has 3 N–H and O–H groups in total. The van der Waals surface area contributed by atoms with Crippen molar-refractivity contribution in [2.24, 2.45) is 11.1 Å². The number of hydrogen-bond donors (Lipinski definition) is 2. The molecule has 0 aliphatic heterocycles. The summed E-state index contributed by atoms with van der Waals surface area (Å²) in [6, 6.07) is 4.49. The van der Waals surface area contributed by atoms with Gasteiger partial charge in [0.25, 0.3) is 5.91 Å². The molecule has 3 nitrogen and oxygen atoms in total. The molecule has 2 rings (SSSR count). The van der Waals surface area contributed by atoms with Gasteiger partial charge in [0, 0.05) is 11.6 Å². The van der Waals surface area contributed by atoms with E-state index in [1.807, 2.05) is 0 Å². The van der Waals surface area contributed by atoms with Crippen LogP contribution in [0.1, 0.15) is 49.0 Å². The number of carbonyl (C=O) groups is 1. The molecular weight excluding hydrogens is 267 g/mol. The van der Waals surface area contributed by atoms with E-state index in [9.17, 15) is 9.18 Å². The molecule has 0 bridgehead atoms. The number of hydrogen-bond acceptors (Lipinski definition) is 2. The number of rotatable bonds is 2. The first kappa shape index (κ1) is 15.5. The Labute approximate surface area is 125 Å². The molecule has 0 spiro atoms. The molecular formula is C17H21FN2O. The van der Waals surface area contributed by atoms with E-state index in [1.54, 1.807) is 6.07 Å². The summed E-state index contributed by atoms with van der Waals surface area (Å²) in [4.78, 5) is 12.2. The fraction of sp³-hybridized carbons (Fsp3) is 0.471. The summed E-state index contributed by atoms with van der Waals surface area (Å²) in [7, 11) is 0. The van der Waals surface area contributed by atoms with Crippen molar-refractivity contribution in [3.05, 3.63) is 35.1 Å².